The third-order valence-corrected chi connectivity index (χ3v) is 3.36. The summed E-state index contributed by atoms with van der Waals surface area (Å²) in [5.41, 5.74) is 0.0913. The normalized spacial score (nSPS) is 22.6. The fourth-order valence-electron chi connectivity index (χ4n) is 2.42. The van der Waals surface area contributed by atoms with E-state index < -0.39 is 22.9 Å². The molecule has 1 aromatic rings. The van der Waals surface area contributed by atoms with Gasteiger partial charge in [0.1, 0.15) is 0 Å². The zero-order chi connectivity index (χ0) is 14.2. The number of carbonyl (C=O) groups excluding carboxylic acids is 1. The number of carboxylic acid groups (broad SMARTS) is 1. The highest BCUT2D eigenvalue weighted by atomic mass is 16.6. The van der Waals surface area contributed by atoms with Gasteiger partial charge < -0.3 is 10.0 Å². The summed E-state index contributed by atoms with van der Waals surface area (Å²) in [6.45, 7) is 0. The Balaban J connectivity index is 2.52. The molecule has 2 unspecified atom stereocenters. The summed E-state index contributed by atoms with van der Waals surface area (Å²) in [6, 6.07) is 5.11. The van der Waals surface area contributed by atoms with Gasteiger partial charge in [-0.1, -0.05) is 18.2 Å². The minimum absolute atomic E-state index is 0.136. The van der Waals surface area contributed by atoms with E-state index in [4.69, 9.17) is 5.11 Å². The van der Waals surface area contributed by atoms with Gasteiger partial charge in [-0.15, -0.1) is 0 Å². The lowest BCUT2D eigenvalue weighted by molar-refractivity contribution is -0.386. The number of hydrogen-bond donors (Lipinski definition) is 1. The van der Waals surface area contributed by atoms with Crippen LogP contribution in [0.25, 0.3) is 0 Å². The van der Waals surface area contributed by atoms with E-state index in [1.54, 1.807) is 6.07 Å². The highest BCUT2D eigenvalue weighted by Gasteiger charge is 2.45. The predicted octanol–water partition coefficient (Wildman–Crippen LogP) is 1.20. The Morgan fingerprint density at radius 3 is 2.68 bits per heavy atom. The number of nitro groups is 1. The van der Waals surface area contributed by atoms with Crippen molar-refractivity contribution in [1.29, 1.82) is 0 Å². The number of rotatable bonds is 3. The molecular weight excluding hydrogens is 252 g/mol. The highest BCUT2D eigenvalue weighted by Crippen LogP contribution is 2.40. The molecule has 0 bridgehead atoms. The molecule has 1 aliphatic rings. The maximum Gasteiger partial charge on any atom is 0.309 e. The van der Waals surface area contributed by atoms with Crippen LogP contribution >= 0.6 is 0 Å². The topological polar surface area (TPSA) is 101 Å². The predicted molar refractivity (Wildman–Crippen MR) is 64.4 cm³/mol. The van der Waals surface area contributed by atoms with Crippen LogP contribution in [0.3, 0.4) is 0 Å². The van der Waals surface area contributed by atoms with Crippen LogP contribution in [0.5, 0.6) is 0 Å². The van der Waals surface area contributed by atoms with Crippen LogP contribution in [0.1, 0.15) is 18.0 Å². The summed E-state index contributed by atoms with van der Waals surface area (Å²) in [4.78, 5) is 34.6. The first-order valence-corrected chi connectivity index (χ1v) is 5.65. The lowest BCUT2D eigenvalue weighted by Gasteiger charge is -2.22. The number of nitro benzene ring substituents is 1. The molecule has 1 heterocycles. The van der Waals surface area contributed by atoms with Crippen molar-refractivity contribution in [3.8, 4) is 0 Å². The molecule has 1 fully saturated rings. The van der Waals surface area contributed by atoms with E-state index in [1.807, 2.05) is 0 Å². The quantitative estimate of drug-likeness (QED) is 0.653. The number of carboxylic acids is 1. The van der Waals surface area contributed by atoms with Crippen molar-refractivity contribution >= 4 is 17.6 Å². The second-order valence-electron chi connectivity index (χ2n) is 4.41. The minimum Gasteiger partial charge on any atom is -0.481 e. The second kappa shape index (κ2) is 4.68. The lowest BCUT2D eigenvalue weighted by atomic mass is 9.93. The van der Waals surface area contributed by atoms with Crippen LogP contribution in [0.15, 0.2) is 24.3 Å². The van der Waals surface area contributed by atoms with Crippen LogP contribution in [0.2, 0.25) is 0 Å². The molecule has 0 aromatic heterocycles. The summed E-state index contributed by atoms with van der Waals surface area (Å²) in [5.74, 6) is -2.41. The van der Waals surface area contributed by atoms with Gasteiger partial charge in [0, 0.05) is 19.5 Å². The first-order valence-electron chi connectivity index (χ1n) is 5.65. The van der Waals surface area contributed by atoms with E-state index in [0.29, 0.717) is 0 Å². The number of amides is 1. The maximum absolute atomic E-state index is 11.6. The van der Waals surface area contributed by atoms with Crippen LogP contribution in [0.4, 0.5) is 5.69 Å². The van der Waals surface area contributed by atoms with Crippen LogP contribution in [-0.2, 0) is 9.59 Å². The van der Waals surface area contributed by atoms with Crippen LogP contribution in [0, 0.1) is 16.0 Å². The molecule has 1 N–H and O–H groups in total. The Morgan fingerprint density at radius 2 is 2.11 bits per heavy atom. The first kappa shape index (κ1) is 13.0. The molecule has 1 saturated heterocycles. The van der Waals surface area contributed by atoms with Gasteiger partial charge in [0.05, 0.1) is 22.4 Å². The Morgan fingerprint density at radius 1 is 1.47 bits per heavy atom. The van der Waals surface area contributed by atoms with Crippen molar-refractivity contribution in [2.75, 3.05) is 7.05 Å². The average molecular weight is 264 g/mol. The molecule has 7 nitrogen and oxygen atoms in total. The fourth-order valence-corrected chi connectivity index (χ4v) is 2.42. The second-order valence-corrected chi connectivity index (χ2v) is 4.41. The van der Waals surface area contributed by atoms with Crippen LogP contribution < -0.4 is 0 Å². The molecule has 2 atom stereocenters. The zero-order valence-corrected chi connectivity index (χ0v) is 10.1. The highest BCUT2D eigenvalue weighted by molar-refractivity contribution is 5.87. The number of likely N-dealkylation sites (tertiary alicyclic amines) is 1. The van der Waals surface area contributed by atoms with Gasteiger partial charge in [0.25, 0.3) is 5.69 Å². The van der Waals surface area contributed by atoms with E-state index >= 15 is 0 Å². The summed E-state index contributed by atoms with van der Waals surface area (Å²) in [5, 5.41) is 20.2. The SMILES string of the molecule is CN1C(=O)CC(C(=O)O)C1c1ccccc1[N+](=O)[O-]. The van der Waals surface area contributed by atoms with Gasteiger partial charge in [-0.25, -0.2) is 0 Å². The molecule has 1 amide bonds. The number of carbonyl (C=O) groups is 2. The standard InChI is InChI=1S/C12H12N2O5/c1-13-10(15)6-8(12(16)17)11(13)7-4-2-3-5-9(7)14(18)19/h2-5,8,11H,6H2,1H3,(H,16,17). The minimum atomic E-state index is -1.12. The third-order valence-electron chi connectivity index (χ3n) is 3.36. The monoisotopic (exact) mass is 264 g/mol. The molecule has 19 heavy (non-hydrogen) atoms. The number of para-hydroxylation sites is 1. The lowest BCUT2D eigenvalue weighted by Crippen LogP contribution is -2.27. The van der Waals surface area contributed by atoms with E-state index in [1.165, 1.54) is 30.1 Å². The smallest absolute Gasteiger partial charge is 0.309 e. The van der Waals surface area contributed by atoms with Crippen molar-refractivity contribution in [1.82, 2.24) is 4.90 Å². The van der Waals surface area contributed by atoms with Gasteiger partial charge in [-0.05, 0) is 0 Å². The summed E-state index contributed by atoms with van der Waals surface area (Å²) >= 11 is 0. The van der Waals surface area contributed by atoms with Crippen molar-refractivity contribution in [3.05, 3.63) is 39.9 Å². The number of hydrogen-bond acceptors (Lipinski definition) is 4. The zero-order valence-electron chi connectivity index (χ0n) is 10.1. The number of benzene rings is 1. The third kappa shape index (κ3) is 2.14. The molecule has 7 heteroatoms. The molecule has 0 saturated carbocycles. The van der Waals surface area contributed by atoms with Gasteiger partial charge in [0.15, 0.2) is 0 Å². The molecule has 1 aliphatic heterocycles. The van der Waals surface area contributed by atoms with Crippen molar-refractivity contribution < 1.29 is 19.6 Å². The van der Waals surface area contributed by atoms with Gasteiger partial charge in [-0.2, -0.15) is 0 Å². The van der Waals surface area contributed by atoms with Gasteiger partial charge >= 0.3 is 5.97 Å². The van der Waals surface area contributed by atoms with E-state index in [-0.39, 0.29) is 23.6 Å². The molecular formula is C12H12N2O5. The van der Waals surface area contributed by atoms with E-state index in [2.05, 4.69) is 0 Å². The van der Waals surface area contributed by atoms with Crippen molar-refractivity contribution in [2.24, 2.45) is 5.92 Å². The Bertz CT molecular complexity index is 557. The van der Waals surface area contributed by atoms with Gasteiger partial charge in [-0.3, -0.25) is 19.7 Å². The molecule has 0 spiro atoms. The Labute approximate surface area is 108 Å². The van der Waals surface area contributed by atoms with Crippen molar-refractivity contribution in [2.45, 2.75) is 12.5 Å². The molecule has 0 aliphatic carbocycles. The maximum atomic E-state index is 11.6. The Hall–Kier alpha value is -2.44. The summed E-state index contributed by atoms with van der Waals surface area (Å²) < 4.78 is 0. The molecule has 2 rings (SSSR count). The largest absolute Gasteiger partial charge is 0.481 e. The summed E-state index contributed by atoms with van der Waals surface area (Å²) in [6.07, 6.45) is -0.136. The number of aliphatic carboxylic acids is 1. The fraction of sp³-hybridized carbons (Fsp3) is 0.333. The molecule has 0 radical (unpaired) electrons. The number of nitrogens with zero attached hydrogens (tertiary/aromatic N) is 2. The Kier molecular flexibility index (Phi) is 3.20. The van der Waals surface area contributed by atoms with Gasteiger partial charge in [0.2, 0.25) is 5.91 Å². The van der Waals surface area contributed by atoms with Crippen molar-refractivity contribution in [3.63, 3.8) is 0 Å². The molecule has 100 valence electrons. The van der Waals surface area contributed by atoms with Crippen LogP contribution in [-0.4, -0.2) is 33.9 Å². The average Bonchev–Trinajstić information content (AvgIpc) is 2.66. The van der Waals surface area contributed by atoms with E-state index in [0.717, 1.165) is 0 Å². The molecule has 1 aromatic carbocycles. The summed E-state index contributed by atoms with van der Waals surface area (Å²) in [7, 11) is 1.46. The van der Waals surface area contributed by atoms with E-state index in [9.17, 15) is 19.7 Å². The first-order chi connectivity index (χ1) is 8.93.